The molecule has 0 radical (unpaired) electrons. The van der Waals surface area contributed by atoms with Crippen molar-refractivity contribution in [2.45, 2.75) is 32.4 Å². The Morgan fingerprint density at radius 2 is 2.12 bits per heavy atom. The number of fused-ring (bicyclic) bond motifs is 1. The van der Waals surface area contributed by atoms with Gasteiger partial charge in [0, 0.05) is 6.42 Å². The van der Waals surface area contributed by atoms with Crippen molar-refractivity contribution in [3.8, 4) is 0 Å². The Balaban J connectivity index is 1.53. The third-order valence-electron chi connectivity index (χ3n) is 3.72. The molecule has 9 heteroatoms. The van der Waals surface area contributed by atoms with E-state index in [0.717, 1.165) is 0 Å². The Morgan fingerprint density at radius 1 is 1.32 bits per heavy atom. The molecule has 0 spiro atoms. The van der Waals surface area contributed by atoms with Crippen LogP contribution < -0.4 is 16.0 Å². The van der Waals surface area contributed by atoms with Crippen molar-refractivity contribution in [2.24, 2.45) is 0 Å². The number of nitrogens with zero attached hydrogens (tertiary/aromatic N) is 2. The van der Waals surface area contributed by atoms with Crippen molar-refractivity contribution in [1.82, 2.24) is 20.8 Å². The van der Waals surface area contributed by atoms with Gasteiger partial charge in [0.25, 0.3) is 5.91 Å². The maximum atomic E-state index is 12.2. The third-order valence-corrected chi connectivity index (χ3v) is 3.72. The largest absolute Gasteiger partial charge is 0.347 e. The number of para-hydroxylation sites is 1. The highest BCUT2D eigenvalue weighted by molar-refractivity contribution is 6.09. The van der Waals surface area contributed by atoms with Crippen LogP contribution in [0.2, 0.25) is 0 Å². The fourth-order valence-corrected chi connectivity index (χ4v) is 2.46. The number of aromatic nitrogens is 2. The first-order chi connectivity index (χ1) is 12.0. The van der Waals surface area contributed by atoms with Gasteiger partial charge in [-0.15, -0.1) is 0 Å². The minimum atomic E-state index is -0.781. The van der Waals surface area contributed by atoms with E-state index in [1.54, 1.807) is 31.2 Å². The fraction of sp³-hybridized carbons (Fsp3) is 0.312. The minimum absolute atomic E-state index is 0.0713. The van der Waals surface area contributed by atoms with Gasteiger partial charge in [-0.05, 0) is 25.5 Å². The molecule has 0 saturated heterocycles. The van der Waals surface area contributed by atoms with Crippen LogP contribution in [-0.4, -0.2) is 33.9 Å². The first-order valence-electron chi connectivity index (χ1n) is 7.79. The van der Waals surface area contributed by atoms with Gasteiger partial charge in [0.2, 0.25) is 17.7 Å². The highest BCUT2D eigenvalue weighted by atomic mass is 16.5. The van der Waals surface area contributed by atoms with Gasteiger partial charge in [-0.1, -0.05) is 17.3 Å². The normalized spacial score (nSPS) is 16.4. The standard InChI is InChI=1S/C16H17N5O4/c1-9-18-14(25-21-9)8-17-13(22)7-6-12-16(24)19-11-5-3-2-4-10(11)15(23)20-12/h2-5,12H,6-8H2,1H3,(H,17,22)(H,19,24)(H,20,23)/t12-/m1/s1. The number of amides is 3. The Bertz CT molecular complexity index is 816. The van der Waals surface area contributed by atoms with E-state index in [9.17, 15) is 14.4 Å². The number of hydrogen-bond acceptors (Lipinski definition) is 6. The van der Waals surface area contributed by atoms with Crippen LogP contribution in [0.15, 0.2) is 28.8 Å². The number of carbonyl (C=O) groups excluding carboxylic acids is 3. The van der Waals surface area contributed by atoms with Crippen LogP contribution in [0.3, 0.4) is 0 Å². The van der Waals surface area contributed by atoms with Crippen molar-refractivity contribution >= 4 is 23.4 Å². The Hall–Kier alpha value is -3.23. The monoisotopic (exact) mass is 343 g/mol. The molecule has 0 saturated carbocycles. The van der Waals surface area contributed by atoms with Crippen LogP contribution in [0.5, 0.6) is 0 Å². The molecule has 3 rings (SSSR count). The molecule has 2 heterocycles. The van der Waals surface area contributed by atoms with Gasteiger partial charge in [0.1, 0.15) is 6.04 Å². The van der Waals surface area contributed by atoms with Gasteiger partial charge in [0.15, 0.2) is 5.82 Å². The van der Waals surface area contributed by atoms with Crippen molar-refractivity contribution in [3.63, 3.8) is 0 Å². The Kier molecular flexibility index (Phi) is 4.73. The highest BCUT2D eigenvalue weighted by Gasteiger charge is 2.27. The summed E-state index contributed by atoms with van der Waals surface area (Å²) in [5, 5.41) is 11.6. The number of anilines is 1. The number of benzene rings is 1. The molecule has 9 nitrogen and oxygen atoms in total. The fourth-order valence-electron chi connectivity index (χ4n) is 2.46. The van der Waals surface area contributed by atoms with Crippen LogP contribution in [0.4, 0.5) is 5.69 Å². The summed E-state index contributed by atoms with van der Waals surface area (Å²) in [6.45, 7) is 1.80. The zero-order valence-corrected chi connectivity index (χ0v) is 13.5. The summed E-state index contributed by atoms with van der Waals surface area (Å²) in [6, 6.07) is 5.97. The Labute approximate surface area is 143 Å². The van der Waals surface area contributed by atoms with Gasteiger partial charge in [0.05, 0.1) is 17.8 Å². The van der Waals surface area contributed by atoms with E-state index in [2.05, 4.69) is 26.1 Å². The third kappa shape index (κ3) is 4.00. The summed E-state index contributed by atoms with van der Waals surface area (Å²) in [5.41, 5.74) is 0.860. The molecule has 0 fully saturated rings. The maximum Gasteiger partial charge on any atom is 0.254 e. The molecule has 25 heavy (non-hydrogen) atoms. The summed E-state index contributed by atoms with van der Waals surface area (Å²) in [5.74, 6) is -0.178. The molecule has 3 N–H and O–H groups in total. The number of carbonyl (C=O) groups is 3. The minimum Gasteiger partial charge on any atom is -0.347 e. The lowest BCUT2D eigenvalue weighted by molar-refractivity contribution is -0.122. The lowest BCUT2D eigenvalue weighted by Gasteiger charge is -2.14. The zero-order chi connectivity index (χ0) is 17.8. The second-order valence-corrected chi connectivity index (χ2v) is 5.61. The van der Waals surface area contributed by atoms with E-state index in [1.165, 1.54) is 0 Å². The van der Waals surface area contributed by atoms with Crippen molar-refractivity contribution in [2.75, 3.05) is 5.32 Å². The lowest BCUT2D eigenvalue weighted by Crippen LogP contribution is -2.42. The predicted molar refractivity (Wildman–Crippen MR) is 86.4 cm³/mol. The summed E-state index contributed by atoms with van der Waals surface area (Å²) in [7, 11) is 0. The van der Waals surface area contributed by atoms with Gasteiger partial charge < -0.3 is 20.5 Å². The molecule has 1 atom stereocenters. The smallest absolute Gasteiger partial charge is 0.254 e. The first kappa shape index (κ1) is 16.6. The van der Waals surface area contributed by atoms with Gasteiger partial charge in [-0.3, -0.25) is 14.4 Å². The van der Waals surface area contributed by atoms with Gasteiger partial charge >= 0.3 is 0 Å². The number of hydrogen-bond donors (Lipinski definition) is 3. The van der Waals surface area contributed by atoms with Crippen LogP contribution >= 0.6 is 0 Å². The van der Waals surface area contributed by atoms with E-state index in [4.69, 9.17) is 4.52 Å². The molecule has 0 bridgehead atoms. The highest BCUT2D eigenvalue weighted by Crippen LogP contribution is 2.19. The first-order valence-corrected chi connectivity index (χ1v) is 7.79. The second-order valence-electron chi connectivity index (χ2n) is 5.61. The second kappa shape index (κ2) is 7.12. The SMILES string of the molecule is Cc1noc(CNC(=O)CC[C@H]2NC(=O)c3ccccc3NC2=O)n1. The summed E-state index contributed by atoms with van der Waals surface area (Å²) >= 11 is 0. The molecular formula is C16H17N5O4. The lowest BCUT2D eigenvalue weighted by atomic mass is 10.1. The summed E-state index contributed by atoms with van der Waals surface area (Å²) in [4.78, 5) is 40.3. The van der Waals surface area contributed by atoms with Crippen LogP contribution in [0.1, 0.15) is 34.9 Å². The van der Waals surface area contributed by atoms with E-state index in [1.807, 2.05) is 0 Å². The molecule has 1 aromatic heterocycles. The molecule has 1 aromatic carbocycles. The van der Waals surface area contributed by atoms with Crippen LogP contribution in [0.25, 0.3) is 0 Å². The summed E-state index contributed by atoms with van der Waals surface area (Å²) in [6.07, 6.45) is 0.252. The number of rotatable bonds is 5. The number of nitrogens with one attached hydrogen (secondary N) is 3. The van der Waals surface area contributed by atoms with Gasteiger partial charge in [-0.25, -0.2) is 0 Å². The summed E-state index contributed by atoms with van der Waals surface area (Å²) < 4.78 is 4.90. The molecule has 0 unspecified atom stereocenters. The van der Waals surface area contributed by atoms with E-state index >= 15 is 0 Å². The average molecular weight is 343 g/mol. The molecule has 1 aliphatic rings. The van der Waals surface area contributed by atoms with E-state index in [-0.39, 0.29) is 37.1 Å². The van der Waals surface area contributed by atoms with Crippen molar-refractivity contribution in [1.29, 1.82) is 0 Å². The number of aryl methyl sites for hydroxylation is 1. The predicted octanol–water partition coefficient (Wildman–Crippen LogP) is 0.525. The molecule has 0 aliphatic carbocycles. The van der Waals surface area contributed by atoms with Crippen LogP contribution in [0, 0.1) is 6.92 Å². The topological polar surface area (TPSA) is 126 Å². The van der Waals surface area contributed by atoms with E-state index in [0.29, 0.717) is 23.0 Å². The molecular weight excluding hydrogens is 326 g/mol. The Morgan fingerprint density at radius 3 is 2.88 bits per heavy atom. The molecule has 3 amide bonds. The molecule has 1 aliphatic heterocycles. The zero-order valence-electron chi connectivity index (χ0n) is 13.5. The quantitative estimate of drug-likeness (QED) is 0.727. The van der Waals surface area contributed by atoms with Crippen LogP contribution in [-0.2, 0) is 16.1 Å². The van der Waals surface area contributed by atoms with Crippen molar-refractivity contribution < 1.29 is 18.9 Å². The molecule has 2 aromatic rings. The average Bonchev–Trinajstić information content (AvgIpc) is 2.97. The van der Waals surface area contributed by atoms with Crippen molar-refractivity contribution in [3.05, 3.63) is 41.5 Å². The van der Waals surface area contributed by atoms with Gasteiger partial charge in [-0.2, -0.15) is 4.98 Å². The maximum absolute atomic E-state index is 12.2. The van der Waals surface area contributed by atoms with E-state index < -0.39 is 6.04 Å². The molecule has 130 valence electrons.